The van der Waals surface area contributed by atoms with Crippen LogP contribution in [0, 0.1) is 0 Å². The van der Waals surface area contributed by atoms with E-state index >= 15 is 0 Å². The van der Waals surface area contributed by atoms with Crippen LogP contribution in [0.4, 0.5) is 5.95 Å². The zero-order chi connectivity index (χ0) is 16.5. The van der Waals surface area contributed by atoms with E-state index in [0.717, 1.165) is 5.56 Å². The van der Waals surface area contributed by atoms with Crippen LogP contribution in [0.1, 0.15) is 18.6 Å². The summed E-state index contributed by atoms with van der Waals surface area (Å²) in [6, 6.07) is 17.6. The standard InChI is InChI=1S/C19H19N3O2/c1-13-11-22(12-17(24-13)14-7-3-2-4-8-14)19-20-16-10-6-5-9-15(16)18(23)21-19/h2-10,13,17H,11-12H2,1H3,(H,20,21,23). The van der Waals surface area contributed by atoms with E-state index in [1.54, 1.807) is 6.07 Å². The molecule has 0 aliphatic carbocycles. The van der Waals surface area contributed by atoms with Gasteiger partial charge < -0.3 is 9.64 Å². The number of hydrogen-bond acceptors (Lipinski definition) is 4. The fraction of sp³-hybridized carbons (Fsp3) is 0.263. The van der Waals surface area contributed by atoms with Gasteiger partial charge in [-0.1, -0.05) is 42.5 Å². The molecule has 0 bridgehead atoms. The molecule has 1 N–H and O–H groups in total. The van der Waals surface area contributed by atoms with Crippen molar-refractivity contribution in [1.82, 2.24) is 9.97 Å². The van der Waals surface area contributed by atoms with Gasteiger partial charge in [0.15, 0.2) is 0 Å². The largest absolute Gasteiger partial charge is 0.367 e. The molecule has 1 aromatic heterocycles. The van der Waals surface area contributed by atoms with Gasteiger partial charge in [0.05, 0.1) is 23.6 Å². The zero-order valence-electron chi connectivity index (χ0n) is 13.5. The minimum Gasteiger partial charge on any atom is -0.367 e. The normalized spacial score (nSPS) is 21.1. The second kappa shape index (κ2) is 6.09. The number of H-pyrrole nitrogens is 1. The predicted octanol–water partition coefficient (Wildman–Crippen LogP) is 2.89. The SMILES string of the molecule is CC1CN(c2nc3ccccc3c(=O)[nH]2)CC(c2ccccc2)O1. The molecule has 2 unspecified atom stereocenters. The van der Waals surface area contributed by atoms with Gasteiger partial charge in [0.2, 0.25) is 5.95 Å². The molecular formula is C19H19N3O2. The molecule has 2 aromatic carbocycles. The van der Waals surface area contributed by atoms with Gasteiger partial charge in [0.25, 0.3) is 5.56 Å². The summed E-state index contributed by atoms with van der Waals surface area (Å²) < 4.78 is 6.08. The van der Waals surface area contributed by atoms with Gasteiger partial charge in [-0.25, -0.2) is 4.98 Å². The predicted molar refractivity (Wildman–Crippen MR) is 94.3 cm³/mol. The van der Waals surface area contributed by atoms with Crippen molar-refractivity contribution >= 4 is 16.9 Å². The Balaban J connectivity index is 1.69. The van der Waals surface area contributed by atoms with Gasteiger partial charge in [-0.2, -0.15) is 0 Å². The highest BCUT2D eigenvalue weighted by molar-refractivity contribution is 5.78. The number of ether oxygens (including phenoxy) is 1. The second-order valence-corrected chi connectivity index (χ2v) is 6.16. The van der Waals surface area contributed by atoms with Gasteiger partial charge in [0.1, 0.15) is 6.10 Å². The highest BCUT2D eigenvalue weighted by Crippen LogP contribution is 2.27. The van der Waals surface area contributed by atoms with E-state index in [9.17, 15) is 4.79 Å². The Bertz CT molecular complexity index is 907. The minimum atomic E-state index is -0.106. The lowest BCUT2D eigenvalue weighted by Gasteiger charge is -2.37. The van der Waals surface area contributed by atoms with E-state index in [1.165, 1.54) is 0 Å². The number of nitrogens with one attached hydrogen (secondary N) is 1. The highest BCUT2D eigenvalue weighted by Gasteiger charge is 2.28. The van der Waals surface area contributed by atoms with Crippen molar-refractivity contribution in [2.24, 2.45) is 0 Å². The van der Waals surface area contributed by atoms with E-state index in [0.29, 0.717) is 29.9 Å². The number of hydrogen-bond donors (Lipinski definition) is 1. The van der Waals surface area contributed by atoms with Crippen LogP contribution in [0.15, 0.2) is 59.4 Å². The van der Waals surface area contributed by atoms with Crippen LogP contribution in [-0.4, -0.2) is 29.2 Å². The molecule has 0 saturated carbocycles. The minimum absolute atomic E-state index is 0.0354. The summed E-state index contributed by atoms with van der Waals surface area (Å²) >= 11 is 0. The fourth-order valence-electron chi connectivity index (χ4n) is 3.20. The summed E-state index contributed by atoms with van der Waals surface area (Å²) in [4.78, 5) is 22.0. The number of rotatable bonds is 2. The average Bonchev–Trinajstić information content (AvgIpc) is 2.62. The summed E-state index contributed by atoms with van der Waals surface area (Å²) in [5, 5.41) is 0.613. The molecule has 1 aliphatic rings. The third kappa shape index (κ3) is 2.78. The molecule has 0 amide bonds. The van der Waals surface area contributed by atoms with Crippen molar-refractivity contribution in [3.8, 4) is 0 Å². The van der Waals surface area contributed by atoms with Gasteiger partial charge in [0, 0.05) is 6.54 Å². The number of fused-ring (bicyclic) bond motifs is 1. The first-order chi connectivity index (χ1) is 11.7. The van der Waals surface area contributed by atoms with Crippen LogP contribution in [0.25, 0.3) is 10.9 Å². The van der Waals surface area contributed by atoms with Crippen molar-refractivity contribution in [1.29, 1.82) is 0 Å². The van der Waals surface area contributed by atoms with E-state index in [4.69, 9.17) is 4.74 Å². The number of aromatic nitrogens is 2. The molecule has 0 radical (unpaired) electrons. The molecule has 122 valence electrons. The molecule has 3 aromatic rings. The third-order valence-electron chi connectivity index (χ3n) is 4.33. The van der Waals surface area contributed by atoms with Gasteiger partial charge in [-0.15, -0.1) is 0 Å². The van der Waals surface area contributed by atoms with Crippen LogP contribution in [-0.2, 0) is 4.74 Å². The molecule has 0 spiro atoms. The molecule has 5 nitrogen and oxygen atoms in total. The Hall–Kier alpha value is -2.66. The van der Waals surface area contributed by atoms with Gasteiger partial charge >= 0.3 is 0 Å². The summed E-state index contributed by atoms with van der Waals surface area (Å²) in [5.41, 5.74) is 1.75. The summed E-state index contributed by atoms with van der Waals surface area (Å²) in [6.45, 7) is 3.40. The van der Waals surface area contributed by atoms with Gasteiger partial charge in [-0.05, 0) is 24.6 Å². The van der Waals surface area contributed by atoms with Crippen molar-refractivity contribution in [2.45, 2.75) is 19.1 Å². The summed E-state index contributed by atoms with van der Waals surface area (Å²) in [5.74, 6) is 0.606. The number of aromatic amines is 1. The van der Waals surface area contributed by atoms with E-state index in [1.807, 2.05) is 43.3 Å². The average molecular weight is 321 g/mol. The molecule has 5 heteroatoms. The van der Waals surface area contributed by atoms with E-state index in [-0.39, 0.29) is 17.8 Å². The first kappa shape index (κ1) is 14.9. The quantitative estimate of drug-likeness (QED) is 0.788. The van der Waals surface area contributed by atoms with Crippen LogP contribution < -0.4 is 10.5 Å². The number of para-hydroxylation sites is 1. The number of anilines is 1. The Labute approximate surface area is 139 Å². The Morgan fingerprint density at radius 1 is 1.08 bits per heavy atom. The molecule has 4 rings (SSSR count). The maximum atomic E-state index is 12.3. The smallest absolute Gasteiger partial charge is 0.260 e. The first-order valence-corrected chi connectivity index (χ1v) is 8.15. The Kier molecular flexibility index (Phi) is 3.78. The maximum absolute atomic E-state index is 12.3. The highest BCUT2D eigenvalue weighted by atomic mass is 16.5. The summed E-state index contributed by atoms with van der Waals surface area (Å²) in [7, 11) is 0. The van der Waals surface area contributed by atoms with E-state index < -0.39 is 0 Å². The van der Waals surface area contributed by atoms with Crippen LogP contribution in [0.2, 0.25) is 0 Å². The molecule has 2 heterocycles. The Morgan fingerprint density at radius 3 is 2.67 bits per heavy atom. The first-order valence-electron chi connectivity index (χ1n) is 8.15. The van der Waals surface area contributed by atoms with Gasteiger partial charge in [-0.3, -0.25) is 9.78 Å². The van der Waals surface area contributed by atoms with Crippen molar-refractivity contribution in [3.63, 3.8) is 0 Å². The summed E-state index contributed by atoms with van der Waals surface area (Å²) in [6.07, 6.45) is 0.0208. The fourth-order valence-corrected chi connectivity index (χ4v) is 3.20. The molecule has 2 atom stereocenters. The molecule has 1 saturated heterocycles. The van der Waals surface area contributed by atoms with Crippen molar-refractivity contribution in [2.75, 3.05) is 18.0 Å². The lowest BCUT2D eigenvalue weighted by molar-refractivity contribution is -0.0178. The lowest BCUT2D eigenvalue weighted by atomic mass is 10.1. The van der Waals surface area contributed by atoms with Crippen molar-refractivity contribution < 1.29 is 4.74 Å². The number of morpholine rings is 1. The Morgan fingerprint density at radius 2 is 1.83 bits per heavy atom. The molecule has 1 fully saturated rings. The number of benzene rings is 2. The topological polar surface area (TPSA) is 58.2 Å². The second-order valence-electron chi connectivity index (χ2n) is 6.16. The van der Waals surface area contributed by atoms with Crippen molar-refractivity contribution in [3.05, 3.63) is 70.5 Å². The van der Waals surface area contributed by atoms with Crippen LogP contribution in [0.3, 0.4) is 0 Å². The molecule has 24 heavy (non-hydrogen) atoms. The molecule has 1 aliphatic heterocycles. The zero-order valence-corrected chi connectivity index (χ0v) is 13.5. The number of nitrogens with zero attached hydrogens (tertiary/aromatic N) is 2. The third-order valence-corrected chi connectivity index (χ3v) is 4.33. The van der Waals surface area contributed by atoms with E-state index in [2.05, 4.69) is 27.0 Å². The lowest BCUT2D eigenvalue weighted by Crippen LogP contribution is -2.44. The maximum Gasteiger partial charge on any atom is 0.260 e. The van der Waals surface area contributed by atoms with Crippen LogP contribution in [0.5, 0.6) is 0 Å². The monoisotopic (exact) mass is 321 g/mol. The van der Waals surface area contributed by atoms with Crippen LogP contribution >= 0.6 is 0 Å². The molecular weight excluding hydrogens is 302 g/mol.